The first-order valence-corrected chi connectivity index (χ1v) is 7.23. The lowest BCUT2D eigenvalue weighted by Gasteiger charge is -2.35. The number of aliphatic hydroxyl groups excluding tert-OH is 1. The molecule has 1 saturated carbocycles. The SMILES string of the molecule is CC(O)C1CCN(C(=O)C2C(C)CCCC2N)C1. The predicted octanol–water partition coefficient (Wildman–Crippen LogP) is 0.979. The second kappa shape index (κ2) is 5.57. The first-order chi connectivity index (χ1) is 8.50. The van der Waals surface area contributed by atoms with E-state index in [9.17, 15) is 9.90 Å². The molecule has 4 heteroatoms. The molecule has 104 valence electrons. The Balaban J connectivity index is 1.98. The lowest BCUT2D eigenvalue weighted by Crippen LogP contribution is -2.48. The van der Waals surface area contributed by atoms with Crippen LogP contribution in [-0.4, -0.2) is 41.1 Å². The molecule has 0 aromatic rings. The maximum absolute atomic E-state index is 12.6. The molecular weight excluding hydrogens is 228 g/mol. The van der Waals surface area contributed by atoms with Crippen molar-refractivity contribution < 1.29 is 9.90 Å². The molecule has 0 aromatic heterocycles. The van der Waals surface area contributed by atoms with Crippen LogP contribution >= 0.6 is 0 Å². The second-order valence-corrected chi connectivity index (χ2v) is 6.17. The molecule has 0 radical (unpaired) electrons. The Kier molecular flexibility index (Phi) is 4.28. The molecule has 3 N–H and O–H groups in total. The molecular formula is C14H26N2O2. The Bertz CT molecular complexity index is 296. The Hall–Kier alpha value is -0.610. The number of hydrogen-bond acceptors (Lipinski definition) is 3. The van der Waals surface area contributed by atoms with Gasteiger partial charge in [0.25, 0.3) is 0 Å². The molecule has 1 heterocycles. The van der Waals surface area contributed by atoms with Crippen LogP contribution in [0, 0.1) is 17.8 Å². The molecule has 5 unspecified atom stereocenters. The summed E-state index contributed by atoms with van der Waals surface area (Å²) in [5.74, 6) is 0.847. The molecule has 2 rings (SSSR count). The third-order valence-electron chi connectivity index (χ3n) is 4.77. The van der Waals surface area contributed by atoms with Crippen molar-refractivity contribution in [2.75, 3.05) is 13.1 Å². The second-order valence-electron chi connectivity index (χ2n) is 6.17. The average molecular weight is 254 g/mol. The van der Waals surface area contributed by atoms with Crippen molar-refractivity contribution in [3.8, 4) is 0 Å². The van der Waals surface area contributed by atoms with Gasteiger partial charge in [-0.15, -0.1) is 0 Å². The molecule has 1 aliphatic heterocycles. The van der Waals surface area contributed by atoms with Gasteiger partial charge >= 0.3 is 0 Å². The minimum absolute atomic E-state index is 0.00787. The zero-order chi connectivity index (χ0) is 13.3. The first kappa shape index (κ1) is 13.8. The van der Waals surface area contributed by atoms with E-state index in [4.69, 9.17) is 5.73 Å². The van der Waals surface area contributed by atoms with Crippen molar-refractivity contribution in [3.63, 3.8) is 0 Å². The standard InChI is InChI=1S/C14H26N2O2/c1-9-4-3-5-12(15)13(9)14(18)16-7-6-11(8-16)10(2)17/h9-13,17H,3-8,15H2,1-2H3. The first-order valence-electron chi connectivity index (χ1n) is 7.23. The molecule has 1 amide bonds. The highest BCUT2D eigenvalue weighted by molar-refractivity contribution is 5.80. The van der Waals surface area contributed by atoms with Crippen molar-refractivity contribution in [1.29, 1.82) is 0 Å². The molecule has 2 fully saturated rings. The summed E-state index contributed by atoms with van der Waals surface area (Å²) in [6.45, 7) is 5.44. The largest absolute Gasteiger partial charge is 0.393 e. The number of carbonyl (C=O) groups excluding carboxylic acids is 1. The molecule has 5 atom stereocenters. The zero-order valence-corrected chi connectivity index (χ0v) is 11.5. The van der Waals surface area contributed by atoms with Crippen molar-refractivity contribution in [2.24, 2.45) is 23.5 Å². The van der Waals surface area contributed by atoms with Gasteiger partial charge in [0, 0.05) is 25.0 Å². The van der Waals surface area contributed by atoms with Gasteiger partial charge in [-0.25, -0.2) is 0 Å². The van der Waals surface area contributed by atoms with Crippen LogP contribution in [0.3, 0.4) is 0 Å². The summed E-state index contributed by atoms with van der Waals surface area (Å²) in [4.78, 5) is 14.5. The Morgan fingerprint density at radius 2 is 2.11 bits per heavy atom. The monoisotopic (exact) mass is 254 g/mol. The van der Waals surface area contributed by atoms with Gasteiger partial charge in [-0.05, 0) is 32.1 Å². The van der Waals surface area contributed by atoms with Crippen LogP contribution in [-0.2, 0) is 4.79 Å². The summed E-state index contributed by atoms with van der Waals surface area (Å²) in [6.07, 6.45) is 3.81. The third-order valence-corrected chi connectivity index (χ3v) is 4.77. The van der Waals surface area contributed by atoms with Gasteiger partial charge in [-0.2, -0.15) is 0 Å². The fraction of sp³-hybridized carbons (Fsp3) is 0.929. The van der Waals surface area contributed by atoms with Crippen LogP contribution in [0.1, 0.15) is 39.5 Å². The summed E-state index contributed by atoms with van der Waals surface area (Å²) in [5, 5.41) is 9.60. The van der Waals surface area contributed by atoms with Crippen LogP contribution in [0.25, 0.3) is 0 Å². The fourth-order valence-corrected chi connectivity index (χ4v) is 3.48. The number of nitrogens with zero attached hydrogens (tertiary/aromatic N) is 1. The summed E-state index contributed by atoms with van der Waals surface area (Å²) in [6, 6.07) is 0.0202. The van der Waals surface area contributed by atoms with Crippen molar-refractivity contribution >= 4 is 5.91 Å². The maximum Gasteiger partial charge on any atom is 0.227 e. The molecule has 1 aliphatic carbocycles. The van der Waals surface area contributed by atoms with Crippen LogP contribution < -0.4 is 5.73 Å². The van der Waals surface area contributed by atoms with E-state index >= 15 is 0 Å². The van der Waals surface area contributed by atoms with E-state index in [1.807, 2.05) is 11.8 Å². The van der Waals surface area contributed by atoms with Crippen LogP contribution in [0.2, 0.25) is 0 Å². The molecule has 0 aromatic carbocycles. The Morgan fingerprint density at radius 1 is 1.39 bits per heavy atom. The Morgan fingerprint density at radius 3 is 2.67 bits per heavy atom. The average Bonchev–Trinajstić information content (AvgIpc) is 2.77. The van der Waals surface area contributed by atoms with Crippen LogP contribution in [0.15, 0.2) is 0 Å². The normalized spacial score (nSPS) is 38.8. The van der Waals surface area contributed by atoms with Gasteiger partial charge in [0.2, 0.25) is 5.91 Å². The smallest absolute Gasteiger partial charge is 0.227 e. The number of nitrogens with two attached hydrogens (primary N) is 1. The van der Waals surface area contributed by atoms with Crippen molar-refractivity contribution in [1.82, 2.24) is 4.90 Å². The van der Waals surface area contributed by atoms with E-state index in [1.54, 1.807) is 0 Å². The topological polar surface area (TPSA) is 66.6 Å². The highest BCUT2D eigenvalue weighted by atomic mass is 16.3. The van der Waals surface area contributed by atoms with Gasteiger partial charge in [0.05, 0.1) is 12.0 Å². The van der Waals surface area contributed by atoms with Crippen molar-refractivity contribution in [2.45, 2.75) is 51.7 Å². The van der Waals surface area contributed by atoms with E-state index in [-0.39, 0.29) is 29.9 Å². The lowest BCUT2D eigenvalue weighted by molar-refractivity contribution is -0.138. The fourth-order valence-electron chi connectivity index (χ4n) is 3.48. The molecule has 0 bridgehead atoms. The van der Waals surface area contributed by atoms with Gasteiger partial charge in [0.15, 0.2) is 0 Å². The highest BCUT2D eigenvalue weighted by Crippen LogP contribution is 2.32. The van der Waals surface area contributed by atoms with Gasteiger partial charge < -0.3 is 15.7 Å². The van der Waals surface area contributed by atoms with Crippen molar-refractivity contribution in [3.05, 3.63) is 0 Å². The van der Waals surface area contributed by atoms with Gasteiger partial charge in [-0.1, -0.05) is 13.3 Å². The highest BCUT2D eigenvalue weighted by Gasteiger charge is 2.39. The zero-order valence-electron chi connectivity index (χ0n) is 11.5. The number of aliphatic hydroxyl groups is 1. The summed E-state index contributed by atoms with van der Waals surface area (Å²) < 4.78 is 0. The van der Waals surface area contributed by atoms with E-state index < -0.39 is 0 Å². The number of amides is 1. The van der Waals surface area contributed by atoms with E-state index in [2.05, 4.69) is 6.92 Å². The van der Waals surface area contributed by atoms with E-state index in [0.29, 0.717) is 12.5 Å². The summed E-state index contributed by atoms with van der Waals surface area (Å²) in [5.41, 5.74) is 6.14. The maximum atomic E-state index is 12.6. The summed E-state index contributed by atoms with van der Waals surface area (Å²) in [7, 11) is 0. The molecule has 0 spiro atoms. The third kappa shape index (κ3) is 2.69. The number of hydrogen-bond donors (Lipinski definition) is 2. The van der Waals surface area contributed by atoms with E-state index in [0.717, 1.165) is 32.2 Å². The number of likely N-dealkylation sites (tertiary alicyclic amines) is 1. The quantitative estimate of drug-likeness (QED) is 0.772. The van der Waals surface area contributed by atoms with Crippen LogP contribution in [0.5, 0.6) is 0 Å². The minimum Gasteiger partial charge on any atom is -0.393 e. The lowest BCUT2D eigenvalue weighted by atomic mass is 9.76. The molecule has 4 nitrogen and oxygen atoms in total. The Labute approximate surface area is 110 Å². The number of carbonyl (C=O) groups is 1. The molecule has 18 heavy (non-hydrogen) atoms. The number of rotatable bonds is 2. The molecule has 1 saturated heterocycles. The van der Waals surface area contributed by atoms with Crippen LogP contribution in [0.4, 0.5) is 0 Å². The van der Waals surface area contributed by atoms with E-state index in [1.165, 1.54) is 0 Å². The minimum atomic E-state index is -0.319. The summed E-state index contributed by atoms with van der Waals surface area (Å²) >= 11 is 0. The molecule has 2 aliphatic rings. The van der Waals surface area contributed by atoms with Gasteiger partial charge in [-0.3, -0.25) is 4.79 Å². The van der Waals surface area contributed by atoms with Gasteiger partial charge in [0.1, 0.15) is 0 Å². The predicted molar refractivity (Wildman–Crippen MR) is 70.8 cm³/mol.